The number of dihydropyridines is 1. The SMILES string of the molecule is CCS(=O)(=O)C1=C(N2CCN(Cc3ccccc3C)C(=O)C2)C=NCC1=O. The first-order chi connectivity index (χ1) is 12.8. The van der Waals surface area contributed by atoms with Crippen molar-refractivity contribution in [2.45, 2.75) is 20.4 Å². The molecule has 0 saturated carbocycles. The fraction of sp³-hybridized carbons (Fsp3) is 0.421. The number of sulfone groups is 1. The van der Waals surface area contributed by atoms with Gasteiger partial charge in [-0.2, -0.15) is 0 Å². The first kappa shape index (κ1) is 19.3. The number of rotatable bonds is 5. The van der Waals surface area contributed by atoms with Gasteiger partial charge in [0.25, 0.3) is 0 Å². The zero-order chi connectivity index (χ0) is 19.6. The molecule has 2 aliphatic rings. The monoisotopic (exact) mass is 389 g/mol. The molecule has 0 radical (unpaired) electrons. The zero-order valence-electron chi connectivity index (χ0n) is 15.5. The van der Waals surface area contributed by atoms with E-state index in [4.69, 9.17) is 0 Å². The third-order valence-electron chi connectivity index (χ3n) is 4.91. The molecule has 1 amide bonds. The number of allylic oxidation sites excluding steroid dienone is 1. The van der Waals surface area contributed by atoms with Crippen LogP contribution < -0.4 is 0 Å². The Bertz CT molecular complexity index is 934. The quantitative estimate of drug-likeness (QED) is 0.748. The van der Waals surface area contributed by atoms with Crippen molar-refractivity contribution in [3.63, 3.8) is 0 Å². The molecule has 1 saturated heterocycles. The van der Waals surface area contributed by atoms with Crippen LogP contribution in [0.25, 0.3) is 0 Å². The van der Waals surface area contributed by atoms with Gasteiger partial charge in [-0.15, -0.1) is 0 Å². The maximum Gasteiger partial charge on any atom is 0.242 e. The molecule has 0 atom stereocenters. The van der Waals surface area contributed by atoms with Gasteiger partial charge in [-0.1, -0.05) is 31.2 Å². The van der Waals surface area contributed by atoms with Gasteiger partial charge < -0.3 is 9.80 Å². The highest BCUT2D eigenvalue weighted by Crippen LogP contribution is 2.23. The topological polar surface area (TPSA) is 87.1 Å². The van der Waals surface area contributed by atoms with Gasteiger partial charge >= 0.3 is 0 Å². The maximum absolute atomic E-state index is 12.7. The highest BCUT2D eigenvalue weighted by atomic mass is 32.2. The highest BCUT2D eigenvalue weighted by molar-refractivity contribution is 7.96. The highest BCUT2D eigenvalue weighted by Gasteiger charge is 2.34. The van der Waals surface area contributed by atoms with Crippen LogP contribution in [0.3, 0.4) is 0 Å². The van der Waals surface area contributed by atoms with E-state index in [-0.39, 0.29) is 35.4 Å². The molecule has 0 N–H and O–H groups in total. The molecule has 7 nitrogen and oxygen atoms in total. The van der Waals surface area contributed by atoms with Crippen molar-refractivity contribution in [3.05, 3.63) is 46.0 Å². The lowest BCUT2D eigenvalue weighted by atomic mass is 10.1. The van der Waals surface area contributed by atoms with Crippen LogP contribution in [0.2, 0.25) is 0 Å². The summed E-state index contributed by atoms with van der Waals surface area (Å²) >= 11 is 0. The van der Waals surface area contributed by atoms with Crippen molar-refractivity contribution in [1.29, 1.82) is 0 Å². The molecule has 0 aliphatic carbocycles. The van der Waals surface area contributed by atoms with E-state index in [0.717, 1.165) is 11.1 Å². The summed E-state index contributed by atoms with van der Waals surface area (Å²) in [7, 11) is -3.68. The van der Waals surface area contributed by atoms with E-state index >= 15 is 0 Å². The summed E-state index contributed by atoms with van der Waals surface area (Å²) in [5, 5.41) is 0. The van der Waals surface area contributed by atoms with Crippen LogP contribution >= 0.6 is 0 Å². The fourth-order valence-electron chi connectivity index (χ4n) is 3.27. The molecular weight excluding hydrogens is 366 g/mol. The van der Waals surface area contributed by atoms with Crippen LogP contribution in [0.15, 0.2) is 39.9 Å². The number of ketones is 1. The van der Waals surface area contributed by atoms with Crippen molar-refractivity contribution >= 4 is 27.7 Å². The van der Waals surface area contributed by atoms with Gasteiger partial charge in [-0.3, -0.25) is 14.6 Å². The minimum Gasteiger partial charge on any atom is -0.358 e. The molecule has 0 aromatic heterocycles. The summed E-state index contributed by atoms with van der Waals surface area (Å²) in [5.74, 6) is -0.770. The molecule has 8 heteroatoms. The van der Waals surface area contributed by atoms with Crippen LogP contribution in [0, 0.1) is 6.92 Å². The third-order valence-corrected chi connectivity index (χ3v) is 6.73. The second kappa shape index (κ2) is 7.64. The minimum atomic E-state index is -3.68. The van der Waals surface area contributed by atoms with E-state index < -0.39 is 15.6 Å². The summed E-state index contributed by atoms with van der Waals surface area (Å²) < 4.78 is 24.8. The molecular formula is C19H23N3O4S. The van der Waals surface area contributed by atoms with E-state index in [9.17, 15) is 18.0 Å². The molecule has 3 rings (SSSR count). The number of hydrogen-bond acceptors (Lipinski definition) is 6. The second-order valence-electron chi connectivity index (χ2n) is 6.67. The van der Waals surface area contributed by atoms with E-state index in [0.29, 0.717) is 19.6 Å². The van der Waals surface area contributed by atoms with Gasteiger partial charge in [-0.25, -0.2) is 8.42 Å². The molecule has 0 bridgehead atoms. The van der Waals surface area contributed by atoms with Crippen LogP contribution in [0.1, 0.15) is 18.1 Å². The van der Waals surface area contributed by atoms with Crippen molar-refractivity contribution in [3.8, 4) is 0 Å². The zero-order valence-corrected chi connectivity index (χ0v) is 16.3. The summed E-state index contributed by atoms with van der Waals surface area (Å²) in [6.45, 7) is 4.80. The summed E-state index contributed by atoms with van der Waals surface area (Å²) in [4.78, 5) is 32.0. The standard InChI is InChI=1S/C19H23N3O4S/c1-3-27(25,26)19-16(10-20-11-17(19)23)21-8-9-22(18(24)13-21)12-15-7-5-4-6-14(15)2/h4-7,10H,3,8-9,11-13H2,1-2H3. The fourth-order valence-corrected chi connectivity index (χ4v) is 4.47. The lowest BCUT2D eigenvalue weighted by Crippen LogP contribution is -2.50. The van der Waals surface area contributed by atoms with Crippen LogP contribution in [0.5, 0.6) is 0 Å². The van der Waals surface area contributed by atoms with Gasteiger partial charge in [0.1, 0.15) is 11.4 Å². The number of hydrogen-bond donors (Lipinski definition) is 0. The Morgan fingerprint density at radius 2 is 1.89 bits per heavy atom. The average molecular weight is 389 g/mol. The Morgan fingerprint density at radius 3 is 2.56 bits per heavy atom. The predicted molar refractivity (Wildman–Crippen MR) is 103 cm³/mol. The van der Waals surface area contributed by atoms with Crippen molar-refractivity contribution in [2.75, 3.05) is 31.9 Å². The number of aliphatic imine (C=N–C) groups is 1. The minimum absolute atomic E-state index is 0.0310. The Labute approximate surface area is 159 Å². The molecule has 1 aromatic rings. The number of benzene rings is 1. The van der Waals surface area contributed by atoms with Crippen LogP contribution in [-0.4, -0.2) is 68.1 Å². The second-order valence-corrected chi connectivity index (χ2v) is 8.89. The van der Waals surface area contributed by atoms with Gasteiger partial charge in [0.05, 0.1) is 18.0 Å². The lowest BCUT2D eigenvalue weighted by Gasteiger charge is -2.37. The van der Waals surface area contributed by atoms with Gasteiger partial charge in [0, 0.05) is 25.8 Å². The van der Waals surface area contributed by atoms with E-state index in [1.54, 1.807) is 9.80 Å². The number of nitrogens with zero attached hydrogens (tertiary/aromatic N) is 3. The van der Waals surface area contributed by atoms with Crippen LogP contribution in [0.4, 0.5) is 0 Å². The van der Waals surface area contributed by atoms with Gasteiger partial charge in [0.2, 0.25) is 5.91 Å². The molecule has 144 valence electrons. The van der Waals surface area contributed by atoms with Crippen molar-refractivity contribution < 1.29 is 18.0 Å². The number of amides is 1. The Balaban J connectivity index is 1.82. The molecule has 0 spiro atoms. The summed E-state index contributed by atoms with van der Waals surface area (Å²) in [6.07, 6.45) is 1.41. The third kappa shape index (κ3) is 3.95. The van der Waals surface area contributed by atoms with Gasteiger partial charge in [-0.05, 0) is 18.1 Å². The summed E-state index contributed by atoms with van der Waals surface area (Å²) in [5.41, 5.74) is 2.45. The average Bonchev–Trinajstić information content (AvgIpc) is 2.64. The van der Waals surface area contributed by atoms with Crippen molar-refractivity contribution in [2.24, 2.45) is 4.99 Å². The molecule has 27 heavy (non-hydrogen) atoms. The molecule has 2 aliphatic heterocycles. The first-order valence-corrected chi connectivity index (χ1v) is 10.6. The number of carbonyl (C=O) groups is 2. The smallest absolute Gasteiger partial charge is 0.242 e. The lowest BCUT2D eigenvalue weighted by molar-refractivity contribution is -0.135. The molecule has 1 fully saturated rings. The predicted octanol–water partition coefficient (Wildman–Crippen LogP) is 0.939. The number of aryl methyl sites for hydroxylation is 1. The Morgan fingerprint density at radius 1 is 1.15 bits per heavy atom. The normalized spacial score (nSPS) is 18.4. The molecule has 1 aromatic carbocycles. The first-order valence-electron chi connectivity index (χ1n) is 8.90. The van der Waals surface area contributed by atoms with E-state index in [1.807, 2.05) is 31.2 Å². The molecule has 0 unspecified atom stereocenters. The largest absolute Gasteiger partial charge is 0.358 e. The Hall–Kier alpha value is -2.48. The maximum atomic E-state index is 12.7. The van der Waals surface area contributed by atoms with E-state index in [1.165, 1.54) is 13.1 Å². The number of piperazine rings is 1. The van der Waals surface area contributed by atoms with E-state index in [2.05, 4.69) is 4.99 Å². The van der Waals surface area contributed by atoms with Gasteiger partial charge in [0.15, 0.2) is 15.6 Å². The van der Waals surface area contributed by atoms with Crippen molar-refractivity contribution in [1.82, 2.24) is 9.80 Å². The number of Topliss-reactive ketones (excluding diaryl/α,β-unsaturated/α-hetero) is 1. The number of carbonyl (C=O) groups excluding carboxylic acids is 2. The Kier molecular flexibility index (Phi) is 5.46. The summed E-state index contributed by atoms with van der Waals surface area (Å²) in [6, 6.07) is 7.91. The van der Waals surface area contributed by atoms with Crippen LogP contribution in [-0.2, 0) is 26.0 Å². The molecule has 2 heterocycles.